The first kappa shape index (κ1) is 11.5. The van der Waals surface area contributed by atoms with Gasteiger partial charge in [-0.1, -0.05) is 0 Å². The van der Waals surface area contributed by atoms with Crippen LogP contribution >= 0.6 is 0 Å². The van der Waals surface area contributed by atoms with E-state index < -0.39 is 0 Å². The number of ether oxygens (including phenoxy) is 1. The van der Waals surface area contributed by atoms with Gasteiger partial charge in [0.05, 0.1) is 13.2 Å². The summed E-state index contributed by atoms with van der Waals surface area (Å²) in [4.78, 5) is 19.0. The average molecular weight is 210 g/mol. The predicted octanol–water partition coefficient (Wildman–Crippen LogP) is -0.349. The van der Waals surface area contributed by atoms with Crippen LogP contribution < -0.4 is 10.6 Å². The van der Waals surface area contributed by atoms with Gasteiger partial charge in [0, 0.05) is 26.0 Å². The molecule has 1 aromatic heterocycles. The number of aromatic nitrogens is 2. The van der Waals surface area contributed by atoms with E-state index in [9.17, 15) is 4.79 Å². The molecule has 0 fully saturated rings. The average Bonchev–Trinajstić information content (AvgIpc) is 2.26. The molecule has 1 amide bonds. The van der Waals surface area contributed by atoms with Crippen molar-refractivity contribution in [2.45, 2.75) is 0 Å². The van der Waals surface area contributed by atoms with Gasteiger partial charge in [-0.2, -0.15) is 0 Å². The Hall–Kier alpha value is -1.53. The van der Waals surface area contributed by atoms with Crippen LogP contribution in [-0.4, -0.2) is 42.7 Å². The number of carbonyl (C=O) groups is 1. The second-order valence-corrected chi connectivity index (χ2v) is 2.79. The third-order valence-electron chi connectivity index (χ3n) is 1.59. The third-order valence-corrected chi connectivity index (χ3v) is 1.59. The second kappa shape index (κ2) is 6.86. The number of anilines is 1. The highest BCUT2D eigenvalue weighted by Crippen LogP contribution is 1.92. The number of hydrogen-bond donors (Lipinski definition) is 2. The molecule has 0 bridgehead atoms. The van der Waals surface area contributed by atoms with Crippen LogP contribution in [0, 0.1) is 0 Å². The lowest BCUT2D eigenvalue weighted by Gasteiger charge is -2.04. The SMILES string of the molecule is COCCNCC(=O)Nc1ncccn1. The quantitative estimate of drug-likeness (QED) is 0.628. The molecule has 0 aliphatic heterocycles. The molecule has 6 heteroatoms. The van der Waals surface area contributed by atoms with Crippen molar-refractivity contribution in [3.05, 3.63) is 18.5 Å². The summed E-state index contributed by atoms with van der Waals surface area (Å²) in [6.07, 6.45) is 3.14. The summed E-state index contributed by atoms with van der Waals surface area (Å²) < 4.78 is 4.82. The number of nitrogens with one attached hydrogen (secondary N) is 2. The highest BCUT2D eigenvalue weighted by molar-refractivity contribution is 5.90. The lowest BCUT2D eigenvalue weighted by atomic mass is 10.5. The van der Waals surface area contributed by atoms with Crippen molar-refractivity contribution in [3.8, 4) is 0 Å². The lowest BCUT2D eigenvalue weighted by Crippen LogP contribution is -2.30. The summed E-state index contributed by atoms with van der Waals surface area (Å²) >= 11 is 0. The largest absolute Gasteiger partial charge is 0.383 e. The maximum absolute atomic E-state index is 11.3. The maximum atomic E-state index is 11.3. The van der Waals surface area contributed by atoms with Gasteiger partial charge in [0.25, 0.3) is 0 Å². The zero-order valence-electron chi connectivity index (χ0n) is 8.56. The molecular formula is C9H14N4O2. The van der Waals surface area contributed by atoms with Gasteiger partial charge in [-0.15, -0.1) is 0 Å². The van der Waals surface area contributed by atoms with Crippen molar-refractivity contribution in [2.24, 2.45) is 0 Å². The Morgan fingerprint density at radius 2 is 2.20 bits per heavy atom. The Kier molecular flexibility index (Phi) is 5.28. The molecule has 15 heavy (non-hydrogen) atoms. The van der Waals surface area contributed by atoms with Gasteiger partial charge in [0.15, 0.2) is 0 Å². The molecule has 0 aliphatic rings. The standard InChI is InChI=1S/C9H14N4O2/c1-15-6-5-10-7-8(14)13-9-11-3-2-4-12-9/h2-4,10H,5-7H2,1H3,(H,11,12,13,14). The fourth-order valence-electron chi connectivity index (χ4n) is 0.909. The van der Waals surface area contributed by atoms with Crippen molar-refractivity contribution in [1.29, 1.82) is 0 Å². The molecule has 1 rings (SSSR count). The lowest BCUT2D eigenvalue weighted by molar-refractivity contribution is -0.115. The molecule has 0 radical (unpaired) electrons. The van der Waals surface area contributed by atoms with Crippen molar-refractivity contribution in [2.75, 3.05) is 32.1 Å². The van der Waals surface area contributed by atoms with Crippen LogP contribution in [-0.2, 0) is 9.53 Å². The van der Waals surface area contributed by atoms with Crippen LogP contribution in [0.15, 0.2) is 18.5 Å². The van der Waals surface area contributed by atoms with E-state index >= 15 is 0 Å². The smallest absolute Gasteiger partial charge is 0.240 e. The number of carbonyl (C=O) groups excluding carboxylic acids is 1. The summed E-state index contributed by atoms with van der Waals surface area (Å²) in [7, 11) is 1.61. The minimum atomic E-state index is -0.169. The molecule has 0 aliphatic carbocycles. The molecular weight excluding hydrogens is 196 g/mol. The van der Waals surface area contributed by atoms with E-state index in [1.165, 1.54) is 0 Å². The van der Waals surface area contributed by atoms with Gasteiger partial charge in [-0.05, 0) is 6.07 Å². The Balaban J connectivity index is 2.19. The van der Waals surface area contributed by atoms with Crippen molar-refractivity contribution >= 4 is 11.9 Å². The number of hydrogen-bond acceptors (Lipinski definition) is 5. The zero-order valence-corrected chi connectivity index (χ0v) is 8.56. The Labute approximate surface area is 88.1 Å². The highest BCUT2D eigenvalue weighted by atomic mass is 16.5. The van der Waals surface area contributed by atoms with Crippen LogP contribution in [0.2, 0.25) is 0 Å². The number of methoxy groups -OCH3 is 1. The van der Waals surface area contributed by atoms with Crippen LogP contribution in [0.1, 0.15) is 0 Å². The number of nitrogens with zero attached hydrogens (tertiary/aromatic N) is 2. The minimum Gasteiger partial charge on any atom is -0.383 e. The minimum absolute atomic E-state index is 0.169. The maximum Gasteiger partial charge on any atom is 0.240 e. The molecule has 82 valence electrons. The molecule has 2 N–H and O–H groups in total. The fraction of sp³-hybridized carbons (Fsp3) is 0.444. The summed E-state index contributed by atoms with van der Waals surface area (Å²) in [6.45, 7) is 1.44. The predicted molar refractivity (Wildman–Crippen MR) is 55.4 cm³/mol. The van der Waals surface area contributed by atoms with Gasteiger partial charge in [-0.25, -0.2) is 9.97 Å². The highest BCUT2D eigenvalue weighted by Gasteiger charge is 2.01. The molecule has 0 unspecified atom stereocenters. The van der Waals surface area contributed by atoms with Crippen LogP contribution in [0.5, 0.6) is 0 Å². The van der Waals surface area contributed by atoms with Gasteiger partial charge in [0.2, 0.25) is 11.9 Å². The molecule has 1 heterocycles. The first-order valence-electron chi connectivity index (χ1n) is 4.59. The Morgan fingerprint density at radius 1 is 1.47 bits per heavy atom. The number of amides is 1. The third kappa shape index (κ3) is 5.04. The first-order valence-corrected chi connectivity index (χ1v) is 4.59. The van der Waals surface area contributed by atoms with Crippen molar-refractivity contribution in [3.63, 3.8) is 0 Å². The van der Waals surface area contributed by atoms with Gasteiger partial charge in [0.1, 0.15) is 0 Å². The van der Waals surface area contributed by atoms with E-state index in [0.29, 0.717) is 19.1 Å². The van der Waals surface area contributed by atoms with Gasteiger partial charge in [-0.3, -0.25) is 10.1 Å². The van der Waals surface area contributed by atoms with Gasteiger partial charge < -0.3 is 10.1 Å². The van der Waals surface area contributed by atoms with E-state index in [1.54, 1.807) is 25.6 Å². The summed E-state index contributed by atoms with van der Waals surface area (Å²) in [6, 6.07) is 1.69. The summed E-state index contributed by atoms with van der Waals surface area (Å²) in [5.74, 6) is 0.147. The molecule has 0 spiro atoms. The van der Waals surface area contributed by atoms with Crippen LogP contribution in [0.3, 0.4) is 0 Å². The van der Waals surface area contributed by atoms with Gasteiger partial charge >= 0.3 is 0 Å². The molecule has 0 atom stereocenters. The van der Waals surface area contributed by atoms with E-state index in [-0.39, 0.29) is 12.5 Å². The van der Waals surface area contributed by atoms with Crippen molar-refractivity contribution < 1.29 is 9.53 Å². The fourth-order valence-corrected chi connectivity index (χ4v) is 0.909. The monoisotopic (exact) mass is 210 g/mol. The van der Waals surface area contributed by atoms with Crippen LogP contribution in [0.25, 0.3) is 0 Å². The number of rotatable bonds is 6. The topological polar surface area (TPSA) is 76.1 Å². The summed E-state index contributed by atoms with van der Waals surface area (Å²) in [5.41, 5.74) is 0. The van der Waals surface area contributed by atoms with E-state index in [0.717, 1.165) is 0 Å². The second-order valence-electron chi connectivity index (χ2n) is 2.79. The normalized spacial score (nSPS) is 9.93. The molecule has 0 aromatic carbocycles. The molecule has 0 saturated carbocycles. The van der Waals surface area contributed by atoms with Crippen molar-refractivity contribution in [1.82, 2.24) is 15.3 Å². The molecule has 6 nitrogen and oxygen atoms in total. The zero-order chi connectivity index (χ0) is 10.9. The summed E-state index contributed by atoms with van der Waals surface area (Å²) in [5, 5.41) is 5.47. The molecule has 0 saturated heterocycles. The first-order chi connectivity index (χ1) is 7.33. The Bertz CT molecular complexity index is 291. The van der Waals surface area contributed by atoms with E-state index in [4.69, 9.17) is 4.74 Å². The van der Waals surface area contributed by atoms with E-state index in [1.807, 2.05) is 0 Å². The Morgan fingerprint density at radius 3 is 2.87 bits per heavy atom. The van der Waals surface area contributed by atoms with Crippen LogP contribution in [0.4, 0.5) is 5.95 Å². The van der Waals surface area contributed by atoms with E-state index in [2.05, 4.69) is 20.6 Å². The molecule has 1 aromatic rings.